The van der Waals surface area contributed by atoms with E-state index in [9.17, 15) is 18.0 Å². The maximum absolute atomic E-state index is 13.1. The fraction of sp³-hybridized carbons (Fsp3) is 0.444. The van der Waals surface area contributed by atoms with Gasteiger partial charge in [0.2, 0.25) is 5.82 Å². The van der Waals surface area contributed by atoms with Gasteiger partial charge in [-0.1, -0.05) is 16.4 Å². The van der Waals surface area contributed by atoms with Gasteiger partial charge in [-0.3, -0.25) is 9.42 Å². The zero-order valence-electron chi connectivity index (χ0n) is 16.3. The number of nitrogens with one attached hydrogen (secondary N) is 1. The molecule has 2 aromatic heterocycles. The minimum atomic E-state index is -4.57. The molecule has 3 heterocycles. The lowest BCUT2D eigenvalue weighted by molar-refractivity contribution is -0.137. The van der Waals surface area contributed by atoms with Crippen molar-refractivity contribution in [1.29, 1.82) is 0 Å². The lowest BCUT2D eigenvalue weighted by Gasteiger charge is -2.26. The van der Waals surface area contributed by atoms with Crippen molar-refractivity contribution in [2.45, 2.75) is 12.7 Å². The molecule has 0 bridgehead atoms. The Hall–Kier alpha value is -3.03. The highest BCUT2D eigenvalue weighted by atomic mass is 19.4. The Kier molecular flexibility index (Phi) is 6.15. The highest BCUT2D eigenvalue weighted by Crippen LogP contribution is 2.31. The van der Waals surface area contributed by atoms with Crippen molar-refractivity contribution < 1.29 is 27.1 Å². The van der Waals surface area contributed by atoms with Crippen LogP contribution in [-0.2, 0) is 17.5 Å². The number of aromatic nitrogens is 4. The maximum Gasteiger partial charge on any atom is 0.446 e. The van der Waals surface area contributed by atoms with Crippen molar-refractivity contribution in [3.8, 4) is 17.2 Å². The molecule has 1 aliphatic heterocycles. The molecular weight excluding hydrogens is 421 g/mol. The molecule has 3 aromatic rings. The van der Waals surface area contributed by atoms with Crippen molar-refractivity contribution in [1.82, 2.24) is 30.3 Å². The second kappa shape index (κ2) is 8.99. The van der Waals surface area contributed by atoms with Crippen LogP contribution in [0.5, 0.6) is 0 Å². The van der Waals surface area contributed by atoms with E-state index in [0.29, 0.717) is 25.5 Å². The molecular formula is C18H19F3N6O4. The van der Waals surface area contributed by atoms with Gasteiger partial charge in [-0.2, -0.15) is 13.2 Å². The van der Waals surface area contributed by atoms with Crippen LogP contribution in [0.25, 0.3) is 17.2 Å². The molecule has 1 N–H and O–H groups in total. The minimum Gasteiger partial charge on any atom is -0.379 e. The lowest BCUT2D eigenvalue weighted by Crippen LogP contribution is -2.40. The van der Waals surface area contributed by atoms with Gasteiger partial charge in [-0.25, -0.2) is 14.0 Å². The number of rotatable bonds is 7. The van der Waals surface area contributed by atoms with Crippen molar-refractivity contribution in [3.05, 3.63) is 46.1 Å². The van der Waals surface area contributed by atoms with Gasteiger partial charge >= 0.3 is 11.9 Å². The number of hydrogen-bond donors (Lipinski definition) is 1. The van der Waals surface area contributed by atoms with Crippen LogP contribution >= 0.6 is 0 Å². The van der Waals surface area contributed by atoms with E-state index in [0.717, 1.165) is 36.3 Å². The number of nitrogens with zero attached hydrogens (tertiary/aromatic N) is 5. The quantitative estimate of drug-likeness (QED) is 0.544. The third-order valence-electron chi connectivity index (χ3n) is 4.81. The van der Waals surface area contributed by atoms with E-state index < -0.39 is 17.5 Å². The fourth-order valence-corrected chi connectivity index (χ4v) is 3.21. The molecule has 10 nitrogen and oxygen atoms in total. The summed E-state index contributed by atoms with van der Waals surface area (Å²) in [6.45, 7) is 4.86. The standard InChI is InChI=1S/C18H19F3N6O4/c19-18(20,21)12-2-1-3-13(10-12)27-16(25-30-17(27)28)15-14(23-31-24-15)11-22-4-5-26-6-8-29-9-7-26/h1-3,10,22H,4-9,11H2. The summed E-state index contributed by atoms with van der Waals surface area (Å²) in [6.07, 6.45) is -4.57. The van der Waals surface area contributed by atoms with Gasteiger partial charge in [-0.15, -0.1) is 0 Å². The number of benzene rings is 1. The Bertz CT molecular complexity index is 1070. The van der Waals surface area contributed by atoms with Crippen molar-refractivity contribution in [2.24, 2.45) is 0 Å². The summed E-state index contributed by atoms with van der Waals surface area (Å²) in [7, 11) is 0. The molecule has 0 radical (unpaired) electrons. The first-order chi connectivity index (χ1) is 14.9. The first-order valence-electron chi connectivity index (χ1n) is 9.52. The lowest BCUT2D eigenvalue weighted by atomic mass is 10.2. The molecule has 166 valence electrons. The molecule has 1 saturated heterocycles. The zero-order chi connectivity index (χ0) is 21.8. The summed E-state index contributed by atoms with van der Waals surface area (Å²) >= 11 is 0. The number of ether oxygens (including phenoxy) is 1. The van der Waals surface area contributed by atoms with Gasteiger partial charge in [0.1, 0.15) is 5.69 Å². The molecule has 1 fully saturated rings. The molecule has 0 atom stereocenters. The van der Waals surface area contributed by atoms with Gasteiger partial charge in [0.15, 0.2) is 5.69 Å². The van der Waals surface area contributed by atoms with Crippen LogP contribution in [0.4, 0.5) is 13.2 Å². The molecule has 0 unspecified atom stereocenters. The average molecular weight is 440 g/mol. The topological polar surface area (TPSA) is 111 Å². The van der Waals surface area contributed by atoms with Crippen molar-refractivity contribution in [2.75, 3.05) is 39.4 Å². The molecule has 0 spiro atoms. The summed E-state index contributed by atoms with van der Waals surface area (Å²) in [5, 5.41) is 14.5. The van der Waals surface area contributed by atoms with E-state index in [-0.39, 0.29) is 23.8 Å². The van der Waals surface area contributed by atoms with Crippen LogP contribution < -0.4 is 11.1 Å². The smallest absolute Gasteiger partial charge is 0.379 e. The molecule has 4 rings (SSSR count). The fourth-order valence-electron chi connectivity index (χ4n) is 3.21. The first kappa shape index (κ1) is 21.2. The Morgan fingerprint density at radius 3 is 2.71 bits per heavy atom. The third-order valence-corrected chi connectivity index (χ3v) is 4.81. The molecule has 0 amide bonds. The summed E-state index contributed by atoms with van der Waals surface area (Å²) in [5.41, 5.74) is -0.532. The van der Waals surface area contributed by atoms with Crippen molar-refractivity contribution in [3.63, 3.8) is 0 Å². The van der Waals surface area contributed by atoms with Crippen LogP contribution in [0, 0.1) is 0 Å². The highest BCUT2D eigenvalue weighted by Gasteiger charge is 2.31. The Morgan fingerprint density at radius 1 is 1.13 bits per heavy atom. The molecule has 1 aromatic carbocycles. The average Bonchev–Trinajstić information content (AvgIpc) is 3.37. The number of halogens is 3. The third kappa shape index (κ3) is 4.84. The van der Waals surface area contributed by atoms with Crippen LogP contribution in [0.1, 0.15) is 11.3 Å². The monoisotopic (exact) mass is 440 g/mol. The minimum absolute atomic E-state index is 0.0645. The summed E-state index contributed by atoms with van der Waals surface area (Å²) in [4.78, 5) is 14.4. The second-order valence-electron chi connectivity index (χ2n) is 6.85. The van der Waals surface area contributed by atoms with Gasteiger partial charge in [0, 0.05) is 32.7 Å². The summed E-state index contributed by atoms with van der Waals surface area (Å²) in [5.74, 6) is -1.06. The molecule has 31 heavy (non-hydrogen) atoms. The predicted octanol–water partition coefficient (Wildman–Crippen LogP) is 1.32. The van der Waals surface area contributed by atoms with E-state index in [4.69, 9.17) is 9.37 Å². The van der Waals surface area contributed by atoms with Crippen LogP contribution in [0.3, 0.4) is 0 Å². The number of alkyl halides is 3. The van der Waals surface area contributed by atoms with E-state index in [1.54, 1.807) is 0 Å². The Morgan fingerprint density at radius 2 is 1.94 bits per heavy atom. The summed E-state index contributed by atoms with van der Waals surface area (Å²) < 4.78 is 54.9. The Balaban J connectivity index is 1.52. The molecule has 13 heteroatoms. The molecule has 0 saturated carbocycles. The van der Waals surface area contributed by atoms with Gasteiger partial charge in [0.05, 0.1) is 24.5 Å². The van der Waals surface area contributed by atoms with Crippen LogP contribution in [0.2, 0.25) is 0 Å². The van der Waals surface area contributed by atoms with Crippen LogP contribution in [-0.4, -0.2) is 64.3 Å². The van der Waals surface area contributed by atoms with Gasteiger partial charge in [-0.05, 0) is 23.4 Å². The van der Waals surface area contributed by atoms with E-state index in [2.05, 4.69) is 30.2 Å². The SMILES string of the molecule is O=c1onc(-c2nonc2CNCCN2CCOCC2)n1-c1cccc(C(F)(F)F)c1. The van der Waals surface area contributed by atoms with Gasteiger partial charge in [0.25, 0.3) is 0 Å². The highest BCUT2D eigenvalue weighted by molar-refractivity contribution is 5.55. The van der Waals surface area contributed by atoms with Crippen molar-refractivity contribution >= 4 is 0 Å². The molecule has 1 aliphatic rings. The molecule has 0 aliphatic carbocycles. The first-order valence-corrected chi connectivity index (χ1v) is 9.52. The largest absolute Gasteiger partial charge is 0.446 e. The maximum atomic E-state index is 13.1. The number of hydrogen-bond acceptors (Lipinski definition) is 9. The summed E-state index contributed by atoms with van der Waals surface area (Å²) in [6, 6.07) is 4.26. The van der Waals surface area contributed by atoms with Gasteiger partial charge < -0.3 is 10.1 Å². The van der Waals surface area contributed by atoms with E-state index in [1.165, 1.54) is 12.1 Å². The van der Waals surface area contributed by atoms with E-state index >= 15 is 0 Å². The Labute approximate surface area is 173 Å². The second-order valence-corrected chi connectivity index (χ2v) is 6.85. The number of morpholine rings is 1. The zero-order valence-corrected chi connectivity index (χ0v) is 16.3. The predicted molar refractivity (Wildman–Crippen MR) is 99.4 cm³/mol. The van der Waals surface area contributed by atoms with E-state index in [1.807, 2.05) is 0 Å². The normalized spacial score (nSPS) is 15.5. The van der Waals surface area contributed by atoms with Crippen LogP contribution in [0.15, 0.2) is 38.2 Å².